The Hall–Kier alpha value is -2.50. The molecular weight excluding hydrogens is 336 g/mol. The van der Waals surface area contributed by atoms with Crippen LogP contribution in [0.2, 0.25) is 0 Å². The van der Waals surface area contributed by atoms with Crippen LogP contribution in [0.25, 0.3) is 0 Å². The van der Waals surface area contributed by atoms with Gasteiger partial charge in [-0.2, -0.15) is 0 Å². The summed E-state index contributed by atoms with van der Waals surface area (Å²) >= 11 is 0. The van der Waals surface area contributed by atoms with E-state index in [9.17, 15) is 0 Å². The number of piperidine rings is 1. The van der Waals surface area contributed by atoms with E-state index in [4.69, 9.17) is 4.74 Å². The van der Waals surface area contributed by atoms with Gasteiger partial charge in [0.2, 0.25) is 0 Å². The minimum absolute atomic E-state index is 0.108. The SMILES string of the molecule is CC(c1ccccc1)n1cc([C@@H]2CCNC[C@H]2OCc2ccccc2)nn1. The standard InChI is InChI=1S/C22H26N4O/c1-17(19-10-6-3-7-11-19)26-15-21(24-25-26)20-12-13-23-14-22(20)27-16-18-8-4-2-5-9-18/h2-11,15,17,20,22-23H,12-14,16H2,1H3/t17?,20-,22+/m0/s1. The summed E-state index contributed by atoms with van der Waals surface area (Å²) in [5.41, 5.74) is 3.46. The molecule has 0 bridgehead atoms. The van der Waals surface area contributed by atoms with Gasteiger partial charge >= 0.3 is 0 Å². The Morgan fingerprint density at radius 3 is 2.63 bits per heavy atom. The van der Waals surface area contributed by atoms with E-state index in [1.807, 2.05) is 28.9 Å². The summed E-state index contributed by atoms with van der Waals surface area (Å²) in [5.74, 6) is 0.270. The third kappa shape index (κ3) is 4.26. The van der Waals surface area contributed by atoms with Gasteiger partial charge in [0.1, 0.15) is 0 Å². The first-order chi connectivity index (χ1) is 13.3. The molecule has 5 nitrogen and oxygen atoms in total. The van der Waals surface area contributed by atoms with Crippen molar-refractivity contribution < 1.29 is 4.74 Å². The molecule has 140 valence electrons. The zero-order valence-corrected chi connectivity index (χ0v) is 15.7. The normalized spacial score (nSPS) is 21.1. The number of hydrogen-bond acceptors (Lipinski definition) is 4. The molecular formula is C22H26N4O. The van der Waals surface area contributed by atoms with E-state index in [0.29, 0.717) is 6.61 Å². The van der Waals surface area contributed by atoms with E-state index in [-0.39, 0.29) is 18.1 Å². The number of benzene rings is 2. The largest absolute Gasteiger partial charge is 0.372 e. The summed E-state index contributed by atoms with van der Waals surface area (Å²) in [5, 5.41) is 12.4. The second kappa shape index (κ2) is 8.46. The highest BCUT2D eigenvalue weighted by atomic mass is 16.5. The minimum Gasteiger partial charge on any atom is -0.372 e. The van der Waals surface area contributed by atoms with Crippen LogP contribution in [-0.4, -0.2) is 34.2 Å². The van der Waals surface area contributed by atoms with Crippen LogP contribution in [0.15, 0.2) is 66.9 Å². The third-order valence-electron chi connectivity index (χ3n) is 5.32. The summed E-state index contributed by atoms with van der Waals surface area (Å²) in [4.78, 5) is 0. The van der Waals surface area contributed by atoms with Gasteiger partial charge in [0.05, 0.1) is 24.4 Å². The van der Waals surface area contributed by atoms with Gasteiger partial charge in [0.25, 0.3) is 0 Å². The average Bonchev–Trinajstić information content (AvgIpc) is 3.23. The van der Waals surface area contributed by atoms with Crippen molar-refractivity contribution in [3.05, 3.63) is 83.7 Å². The molecule has 0 spiro atoms. The Kier molecular flexibility index (Phi) is 5.61. The minimum atomic E-state index is 0.108. The van der Waals surface area contributed by atoms with Gasteiger partial charge in [-0.25, -0.2) is 4.68 Å². The smallest absolute Gasteiger partial charge is 0.0885 e. The first-order valence-corrected chi connectivity index (χ1v) is 9.64. The first kappa shape index (κ1) is 17.9. The van der Waals surface area contributed by atoms with Crippen molar-refractivity contribution in [3.63, 3.8) is 0 Å². The van der Waals surface area contributed by atoms with Crippen LogP contribution in [0.4, 0.5) is 0 Å². The van der Waals surface area contributed by atoms with Crippen LogP contribution in [0, 0.1) is 0 Å². The molecule has 0 aliphatic carbocycles. The van der Waals surface area contributed by atoms with Gasteiger partial charge in [-0.1, -0.05) is 65.9 Å². The van der Waals surface area contributed by atoms with Gasteiger partial charge in [0.15, 0.2) is 0 Å². The highest BCUT2D eigenvalue weighted by Crippen LogP contribution is 2.28. The van der Waals surface area contributed by atoms with Crippen LogP contribution >= 0.6 is 0 Å². The van der Waals surface area contributed by atoms with Crippen molar-refractivity contribution in [1.82, 2.24) is 20.3 Å². The molecule has 3 atom stereocenters. The number of ether oxygens (including phenoxy) is 1. The first-order valence-electron chi connectivity index (χ1n) is 9.64. The topological polar surface area (TPSA) is 52.0 Å². The molecule has 0 amide bonds. The predicted octanol–water partition coefficient (Wildman–Crippen LogP) is 3.55. The van der Waals surface area contributed by atoms with Gasteiger partial charge in [-0.3, -0.25) is 0 Å². The molecule has 0 saturated carbocycles. The molecule has 2 heterocycles. The summed E-state index contributed by atoms with van der Waals surface area (Å²) in [6.45, 7) is 4.60. The van der Waals surface area contributed by atoms with Crippen LogP contribution in [-0.2, 0) is 11.3 Å². The molecule has 1 aliphatic rings. The van der Waals surface area contributed by atoms with Crippen molar-refractivity contribution >= 4 is 0 Å². The fourth-order valence-corrected chi connectivity index (χ4v) is 3.65. The van der Waals surface area contributed by atoms with Crippen molar-refractivity contribution in [2.45, 2.75) is 38.0 Å². The monoisotopic (exact) mass is 362 g/mol. The van der Waals surface area contributed by atoms with Crippen LogP contribution < -0.4 is 5.32 Å². The average molecular weight is 362 g/mol. The number of hydrogen-bond donors (Lipinski definition) is 1. The van der Waals surface area contributed by atoms with Gasteiger partial charge in [-0.05, 0) is 31.0 Å². The van der Waals surface area contributed by atoms with Crippen molar-refractivity contribution in [2.75, 3.05) is 13.1 Å². The lowest BCUT2D eigenvalue weighted by atomic mass is 9.92. The fraction of sp³-hybridized carbons (Fsp3) is 0.364. The Morgan fingerprint density at radius 1 is 1.11 bits per heavy atom. The van der Waals surface area contributed by atoms with Crippen LogP contribution in [0.5, 0.6) is 0 Å². The van der Waals surface area contributed by atoms with Gasteiger partial charge in [0, 0.05) is 18.7 Å². The van der Waals surface area contributed by atoms with Crippen molar-refractivity contribution in [2.24, 2.45) is 0 Å². The Labute approximate surface area is 160 Å². The summed E-state index contributed by atoms with van der Waals surface area (Å²) in [6.07, 6.45) is 3.21. The van der Waals surface area contributed by atoms with E-state index >= 15 is 0 Å². The number of aromatic nitrogens is 3. The maximum absolute atomic E-state index is 6.25. The molecule has 0 radical (unpaired) electrons. The highest BCUT2D eigenvalue weighted by Gasteiger charge is 2.30. The lowest BCUT2D eigenvalue weighted by Crippen LogP contribution is -2.41. The zero-order valence-electron chi connectivity index (χ0n) is 15.7. The van der Waals surface area contributed by atoms with Crippen LogP contribution in [0.3, 0.4) is 0 Å². The van der Waals surface area contributed by atoms with Crippen molar-refractivity contribution in [3.8, 4) is 0 Å². The molecule has 3 aromatic rings. The molecule has 1 N–H and O–H groups in total. The molecule has 2 aromatic carbocycles. The molecule has 1 aliphatic heterocycles. The Balaban J connectivity index is 1.46. The van der Waals surface area contributed by atoms with E-state index < -0.39 is 0 Å². The maximum atomic E-state index is 6.25. The second-order valence-corrected chi connectivity index (χ2v) is 7.14. The molecule has 1 unspecified atom stereocenters. The van der Waals surface area contributed by atoms with Gasteiger partial charge in [-0.15, -0.1) is 5.10 Å². The molecule has 1 fully saturated rings. The molecule has 27 heavy (non-hydrogen) atoms. The molecule has 4 rings (SSSR count). The number of nitrogens with one attached hydrogen (secondary N) is 1. The van der Waals surface area contributed by atoms with E-state index in [1.54, 1.807) is 0 Å². The van der Waals surface area contributed by atoms with E-state index in [2.05, 4.69) is 65.1 Å². The lowest BCUT2D eigenvalue weighted by Gasteiger charge is -2.30. The predicted molar refractivity (Wildman–Crippen MR) is 106 cm³/mol. The highest BCUT2D eigenvalue weighted by molar-refractivity contribution is 5.19. The van der Waals surface area contributed by atoms with Crippen LogP contribution in [0.1, 0.15) is 42.1 Å². The Bertz CT molecular complexity index is 834. The fourth-order valence-electron chi connectivity index (χ4n) is 3.65. The third-order valence-corrected chi connectivity index (χ3v) is 5.32. The number of nitrogens with zero attached hydrogens (tertiary/aromatic N) is 3. The molecule has 1 saturated heterocycles. The van der Waals surface area contributed by atoms with E-state index in [1.165, 1.54) is 11.1 Å². The quantitative estimate of drug-likeness (QED) is 0.729. The maximum Gasteiger partial charge on any atom is 0.0885 e. The Morgan fingerprint density at radius 2 is 1.85 bits per heavy atom. The van der Waals surface area contributed by atoms with Gasteiger partial charge < -0.3 is 10.1 Å². The summed E-state index contributed by atoms with van der Waals surface area (Å²) in [6, 6.07) is 20.9. The summed E-state index contributed by atoms with van der Waals surface area (Å²) in [7, 11) is 0. The lowest BCUT2D eigenvalue weighted by molar-refractivity contribution is 0.00965. The van der Waals surface area contributed by atoms with Crippen molar-refractivity contribution in [1.29, 1.82) is 0 Å². The second-order valence-electron chi connectivity index (χ2n) is 7.14. The van der Waals surface area contributed by atoms with E-state index in [0.717, 1.165) is 25.2 Å². The number of rotatable bonds is 6. The molecule has 1 aromatic heterocycles. The summed E-state index contributed by atoms with van der Waals surface area (Å²) < 4.78 is 8.21. The zero-order chi connectivity index (χ0) is 18.5. The molecule has 5 heteroatoms.